The Kier molecular flexibility index (Phi) is 10.0. The molecule has 0 radical (unpaired) electrons. The molecule has 266 valence electrons. The van der Waals surface area contributed by atoms with E-state index in [1.54, 1.807) is 27.0 Å². The Morgan fingerprint density at radius 1 is 1.08 bits per heavy atom. The quantitative estimate of drug-likeness (QED) is 0.403. The molecule has 4 fully saturated rings. The number of amides is 4. The van der Waals surface area contributed by atoms with Crippen LogP contribution in [0.3, 0.4) is 0 Å². The van der Waals surface area contributed by atoms with Crippen molar-refractivity contribution in [2.75, 3.05) is 18.1 Å². The summed E-state index contributed by atoms with van der Waals surface area (Å²) in [6.45, 7) is 5.22. The first-order valence-electron chi connectivity index (χ1n) is 17.0. The minimum Gasteiger partial charge on any atom is -0.472 e. The molecule has 6 rings (SSSR count). The summed E-state index contributed by atoms with van der Waals surface area (Å²) < 4.78 is 39.6. The molecule has 15 heteroatoms. The van der Waals surface area contributed by atoms with Gasteiger partial charge in [0.15, 0.2) is 0 Å². The van der Waals surface area contributed by atoms with Gasteiger partial charge in [0.25, 0.3) is 5.91 Å². The number of hydrogen-bond acceptors (Lipinski definition) is 10. The number of aromatic nitrogens is 1. The molecule has 2 aromatic rings. The highest BCUT2D eigenvalue weighted by Gasteiger charge is 2.62. The number of hydrogen-bond donors (Lipinski definition) is 3. The predicted octanol–water partition coefficient (Wildman–Crippen LogP) is 3.27. The maximum atomic E-state index is 14.3. The van der Waals surface area contributed by atoms with Gasteiger partial charge in [0.1, 0.15) is 29.3 Å². The number of nitrogens with one attached hydrogen (secondary N) is 3. The number of rotatable bonds is 6. The highest BCUT2D eigenvalue weighted by atomic mass is 32.2. The molecule has 49 heavy (non-hydrogen) atoms. The third-order valence-corrected chi connectivity index (χ3v) is 12.4. The zero-order valence-corrected chi connectivity index (χ0v) is 29.7. The molecule has 1 aromatic heterocycles. The molecule has 2 aliphatic heterocycles. The van der Waals surface area contributed by atoms with Gasteiger partial charge in [-0.3, -0.25) is 19.1 Å². The van der Waals surface area contributed by atoms with Gasteiger partial charge in [0.2, 0.25) is 27.7 Å². The normalized spacial score (nSPS) is 28.3. The van der Waals surface area contributed by atoms with Crippen LogP contribution in [0.2, 0.25) is 0 Å². The molecule has 1 aromatic carbocycles. The smallest absolute Gasteiger partial charge is 0.408 e. The van der Waals surface area contributed by atoms with E-state index in [0.717, 1.165) is 35.8 Å². The van der Waals surface area contributed by atoms with E-state index >= 15 is 0 Å². The van der Waals surface area contributed by atoms with Crippen molar-refractivity contribution in [1.82, 2.24) is 25.2 Å². The summed E-state index contributed by atoms with van der Waals surface area (Å²) in [5.74, 6) is -0.644. The molecule has 0 unspecified atom stereocenters. The number of pyridine rings is 1. The van der Waals surface area contributed by atoms with Gasteiger partial charge in [0.05, 0.1) is 11.8 Å². The second-order valence-electron chi connectivity index (χ2n) is 14.5. The summed E-state index contributed by atoms with van der Waals surface area (Å²) in [6, 6.07) is 7.40. The van der Waals surface area contributed by atoms with Crippen LogP contribution >= 0.6 is 11.8 Å². The van der Waals surface area contributed by atoms with Crippen molar-refractivity contribution in [3.8, 4) is 5.88 Å². The number of carbonyl (C=O) groups is 4. The number of thioether (sulfide) groups is 1. The summed E-state index contributed by atoms with van der Waals surface area (Å²) in [5, 5.41) is 6.74. The molecule has 2 saturated carbocycles. The van der Waals surface area contributed by atoms with Gasteiger partial charge in [0, 0.05) is 23.8 Å². The Hall–Kier alpha value is -3.59. The molecular formula is C34H45N5O8S2. The van der Waals surface area contributed by atoms with Crippen molar-refractivity contribution >= 4 is 56.4 Å². The maximum absolute atomic E-state index is 14.3. The lowest BCUT2D eigenvalue weighted by atomic mass is 10.1. The first-order chi connectivity index (χ1) is 23.3. The number of sulfonamides is 1. The topological polar surface area (TPSA) is 173 Å². The second kappa shape index (κ2) is 14.0. The summed E-state index contributed by atoms with van der Waals surface area (Å²) >= 11 is 1.54. The first kappa shape index (κ1) is 35.2. The van der Waals surface area contributed by atoms with E-state index in [9.17, 15) is 27.6 Å². The van der Waals surface area contributed by atoms with Gasteiger partial charge in [-0.2, -0.15) is 11.8 Å². The van der Waals surface area contributed by atoms with Gasteiger partial charge in [-0.15, -0.1) is 0 Å². The van der Waals surface area contributed by atoms with Crippen LogP contribution in [0.1, 0.15) is 72.1 Å². The van der Waals surface area contributed by atoms with E-state index in [2.05, 4.69) is 20.3 Å². The van der Waals surface area contributed by atoms with Crippen LogP contribution in [0.5, 0.6) is 5.88 Å². The number of nitrogens with zero attached hydrogens (tertiary/aromatic N) is 2. The molecular weight excluding hydrogens is 671 g/mol. The number of alkyl carbamates (subject to hydrolysis) is 1. The largest absolute Gasteiger partial charge is 0.472 e. The fraction of sp³-hybridized carbons (Fsp3) is 0.618. The number of fused-ring (bicyclic) bond motifs is 3. The van der Waals surface area contributed by atoms with E-state index in [1.165, 1.54) is 16.7 Å². The molecule has 2 aliphatic carbocycles. The second-order valence-corrected chi connectivity index (χ2v) is 17.6. The standard InChI is InChI=1S/C34H45N5O8S2/c1-33(2,3)47-32(43)36-26-20-48-16-8-4-5-10-22-18-34(22,31(42)38-49(44,45)24-12-13-24)37-28(40)27-17-23(19-39(27)30(26)41)46-29-25-11-7-6-9-21(25)14-15-35-29/h6-7,9,11,14-15,22-24,26-27H,4-5,8,10,12-13,16-20H2,1-3H3,(H,36,43)(H,37,40)(H,38,42)/t22-,23-,26+,27+,34-/m1/s1. The minimum atomic E-state index is -3.85. The summed E-state index contributed by atoms with van der Waals surface area (Å²) in [4.78, 5) is 60.9. The summed E-state index contributed by atoms with van der Waals surface area (Å²) in [6.07, 6.45) is 4.81. The van der Waals surface area contributed by atoms with Gasteiger partial charge < -0.3 is 25.0 Å². The fourth-order valence-corrected chi connectivity index (χ4v) is 9.07. The van der Waals surface area contributed by atoms with Crippen LogP contribution in [-0.4, -0.2) is 94.7 Å². The maximum Gasteiger partial charge on any atom is 0.408 e. The Labute approximate surface area is 291 Å². The van der Waals surface area contributed by atoms with E-state index in [0.29, 0.717) is 31.6 Å². The number of benzene rings is 1. The average Bonchev–Trinajstić information content (AvgIpc) is 3.96. The number of carbonyl (C=O) groups excluding carboxylic acids is 4. The summed E-state index contributed by atoms with van der Waals surface area (Å²) in [7, 11) is -3.85. The molecule has 0 bridgehead atoms. The van der Waals surface area contributed by atoms with E-state index in [-0.39, 0.29) is 24.6 Å². The van der Waals surface area contributed by atoms with Crippen molar-refractivity contribution in [3.05, 3.63) is 36.5 Å². The van der Waals surface area contributed by atoms with Crippen LogP contribution in [0.4, 0.5) is 4.79 Å². The van der Waals surface area contributed by atoms with Gasteiger partial charge in [-0.25, -0.2) is 18.2 Å². The molecule has 3 N–H and O–H groups in total. The lowest BCUT2D eigenvalue weighted by Crippen LogP contribution is -2.58. The average molecular weight is 716 g/mol. The van der Waals surface area contributed by atoms with E-state index in [4.69, 9.17) is 9.47 Å². The first-order valence-corrected chi connectivity index (χ1v) is 19.7. The highest BCUT2D eigenvalue weighted by molar-refractivity contribution is 7.99. The molecule has 13 nitrogen and oxygen atoms in total. The minimum absolute atomic E-state index is 0.0255. The lowest BCUT2D eigenvalue weighted by Gasteiger charge is -2.30. The molecule has 4 amide bonds. The number of ether oxygens (including phenoxy) is 2. The van der Waals surface area contributed by atoms with Gasteiger partial charge >= 0.3 is 6.09 Å². The Morgan fingerprint density at radius 2 is 1.86 bits per heavy atom. The zero-order valence-electron chi connectivity index (χ0n) is 28.1. The van der Waals surface area contributed by atoms with Crippen LogP contribution in [-0.2, 0) is 29.1 Å². The molecule has 3 heterocycles. The fourth-order valence-electron chi connectivity index (χ4n) is 6.67. The van der Waals surface area contributed by atoms with Gasteiger partial charge in [-0.1, -0.05) is 31.0 Å². The van der Waals surface area contributed by atoms with Crippen LogP contribution in [0.15, 0.2) is 36.5 Å². The lowest BCUT2D eigenvalue weighted by molar-refractivity contribution is -0.140. The van der Waals surface area contributed by atoms with Gasteiger partial charge in [-0.05, 0) is 82.1 Å². The van der Waals surface area contributed by atoms with Crippen molar-refractivity contribution in [3.63, 3.8) is 0 Å². The molecule has 2 saturated heterocycles. The van der Waals surface area contributed by atoms with E-state index < -0.39 is 68.4 Å². The predicted molar refractivity (Wildman–Crippen MR) is 184 cm³/mol. The van der Waals surface area contributed by atoms with Crippen molar-refractivity contribution < 1.29 is 37.1 Å². The van der Waals surface area contributed by atoms with Crippen LogP contribution in [0, 0.1) is 5.92 Å². The monoisotopic (exact) mass is 715 g/mol. The zero-order chi connectivity index (χ0) is 35.0. The molecule has 0 spiro atoms. The SMILES string of the molecule is CC(C)(C)OC(=O)N[C@H]1CSCCCCC[C@@H]2C[C@@]2(C(=O)NS(=O)(=O)C2CC2)NC(=O)[C@@H]2C[C@@H](Oc3nccc4ccccc34)CN2C1=O. The van der Waals surface area contributed by atoms with E-state index in [1.807, 2.05) is 30.3 Å². The Morgan fingerprint density at radius 3 is 2.61 bits per heavy atom. The summed E-state index contributed by atoms with van der Waals surface area (Å²) in [5.41, 5.74) is -2.18. The third-order valence-electron chi connectivity index (χ3n) is 9.43. The van der Waals surface area contributed by atoms with Crippen LogP contribution < -0.4 is 20.1 Å². The molecule has 5 atom stereocenters. The van der Waals surface area contributed by atoms with Crippen molar-refractivity contribution in [1.29, 1.82) is 0 Å². The highest BCUT2D eigenvalue weighted by Crippen LogP contribution is 2.48. The van der Waals surface area contributed by atoms with Crippen LogP contribution in [0.25, 0.3) is 10.8 Å². The third kappa shape index (κ3) is 8.25. The molecule has 4 aliphatic rings. The Balaban J connectivity index is 1.29. The van der Waals surface area contributed by atoms with Crippen molar-refractivity contribution in [2.45, 2.75) is 107 Å². The van der Waals surface area contributed by atoms with Crippen molar-refractivity contribution in [2.24, 2.45) is 5.92 Å². The Bertz CT molecular complexity index is 1710.